The summed E-state index contributed by atoms with van der Waals surface area (Å²) in [6.45, 7) is 1.94. The highest BCUT2D eigenvalue weighted by atomic mass is 35.5. The van der Waals surface area contributed by atoms with Gasteiger partial charge in [0.1, 0.15) is 17.9 Å². The molecule has 1 heterocycles. The van der Waals surface area contributed by atoms with Crippen LogP contribution in [0.4, 0.5) is 0 Å². The zero-order valence-corrected chi connectivity index (χ0v) is 15.4. The molecule has 7 heteroatoms. The van der Waals surface area contributed by atoms with Crippen molar-refractivity contribution in [2.75, 3.05) is 19.8 Å². The lowest BCUT2D eigenvalue weighted by Gasteiger charge is -2.08. The Hall–Kier alpha value is -2.99. The maximum atomic E-state index is 12.2. The second-order valence-electron chi connectivity index (χ2n) is 5.78. The molecular formula is C20H18ClNO5. The summed E-state index contributed by atoms with van der Waals surface area (Å²) in [5.74, 6) is -0.330. The molecule has 0 radical (unpaired) electrons. The number of halogens is 1. The van der Waals surface area contributed by atoms with E-state index in [0.717, 1.165) is 5.39 Å². The van der Waals surface area contributed by atoms with Crippen molar-refractivity contribution in [3.63, 3.8) is 0 Å². The molecule has 0 unspecified atom stereocenters. The van der Waals surface area contributed by atoms with E-state index in [1.807, 2.05) is 18.2 Å². The molecule has 0 aliphatic heterocycles. The second kappa shape index (κ2) is 8.60. The third kappa shape index (κ3) is 4.80. The lowest BCUT2D eigenvalue weighted by molar-refractivity contribution is -0.124. The fraction of sp³-hybridized carbons (Fsp3) is 0.200. The fourth-order valence-corrected chi connectivity index (χ4v) is 2.63. The Kier molecular flexibility index (Phi) is 5.98. The molecule has 3 aromatic rings. The predicted octanol–water partition coefficient (Wildman–Crippen LogP) is 3.75. The number of carbonyl (C=O) groups is 2. The molecule has 0 atom stereocenters. The summed E-state index contributed by atoms with van der Waals surface area (Å²) in [6.07, 6.45) is 0. The van der Waals surface area contributed by atoms with Crippen molar-refractivity contribution < 1.29 is 23.5 Å². The Balaban J connectivity index is 1.42. The van der Waals surface area contributed by atoms with E-state index in [0.29, 0.717) is 21.9 Å². The molecule has 1 aromatic heterocycles. The smallest absolute Gasteiger partial charge is 0.375 e. The lowest BCUT2D eigenvalue weighted by atomic mass is 10.1. The first-order valence-corrected chi connectivity index (χ1v) is 8.72. The number of ether oxygens (including phenoxy) is 2. The maximum absolute atomic E-state index is 12.2. The third-order valence-electron chi connectivity index (χ3n) is 3.87. The van der Waals surface area contributed by atoms with E-state index in [-0.39, 0.29) is 18.9 Å². The molecule has 0 aliphatic rings. The molecule has 0 saturated heterocycles. The van der Waals surface area contributed by atoms with Gasteiger partial charge in [-0.1, -0.05) is 29.8 Å². The van der Waals surface area contributed by atoms with Crippen LogP contribution in [0.2, 0.25) is 5.02 Å². The Bertz CT molecular complexity index is 949. The highest BCUT2D eigenvalue weighted by molar-refractivity contribution is 6.30. The quantitative estimate of drug-likeness (QED) is 0.493. The Morgan fingerprint density at radius 3 is 2.59 bits per heavy atom. The number of furan rings is 1. The van der Waals surface area contributed by atoms with E-state index in [9.17, 15) is 9.59 Å². The van der Waals surface area contributed by atoms with Crippen LogP contribution in [0.5, 0.6) is 5.75 Å². The number of nitrogens with one attached hydrogen (secondary N) is 1. The van der Waals surface area contributed by atoms with Crippen LogP contribution < -0.4 is 10.1 Å². The molecule has 3 rings (SSSR count). The van der Waals surface area contributed by atoms with Crippen LogP contribution in [0.1, 0.15) is 16.1 Å². The highest BCUT2D eigenvalue weighted by Crippen LogP contribution is 2.25. The zero-order valence-electron chi connectivity index (χ0n) is 14.7. The van der Waals surface area contributed by atoms with E-state index < -0.39 is 18.5 Å². The van der Waals surface area contributed by atoms with Gasteiger partial charge in [-0.2, -0.15) is 0 Å². The van der Waals surface area contributed by atoms with Gasteiger partial charge in [-0.3, -0.25) is 4.79 Å². The SMILES string of the molecule is Cc1c(C(=O)OCC(=O)NCCOc2ccc(Cl)cc2)oc2ccccc12. The molecule has 6 nitrogen and oxygen atoms in total. The van der Waals surface area contributed by atoms with Gasteiger partial charge in [0.2, 0.25) is 5.76 Å². The van der Waals surface area contributed by atoms with Gasteiger partial charge in [0.25, 0.3) is 5.91 Å². The van der Waals surface area contributed by atoms with E-state index in [2.05, 4.69) is 5.32 Å². The van der Waals surface area contributed by atoms with Crippen molar-refractivity contribution in [3.05, 3.63) is 64.9 Å². The van der Waals surface area contributed by atoms with Gasteiger partial charge in [-0.15, -0.1) is 0 Å². The van der Waals surface area contributed by atoms with Crippen molar-refractivity contribution in [1.29, 1.82) is 0 Å². The standard InChI is InChI=1S/C20H18ClNO5/c1-13-16-4-2-3-5-17(16)27-19(13)20(24)26-12-18(23)22-10-11-25-15-8-6-14(21)7-9-15/h2-9H,10-12H2,1H3,(H,22,23). The average molecular weight is 388 g/mol. The van der Waals surface area contributed by atoms with Gasteiger partial charge in [0.15, 0.2) is 6.61 Å². The summed E-state index contributed by atoms with van der Waals surface area (Å²) >= 11 is 5.79. The molecule has 1 amide bonds. The Morgan fingerprint density at radius 1 is 1.11 bits per heavy atom. The molecule has 2 aromatic carbocycles. The van der Waals surface area contributed by atoms with Gasteiger partial charge in [0.05, 0.1) is 6.54 Å². The number of carbonyl (C=O) groups excluding carboxylic acids is 2. The van der Waals surface area contributed by atoms with Gasteiger partial charge in [0, 0.05) is 16.0 Å². The number of benzene rings is 2. The molecule has 0 saturated carbocycles. The van der Waals surface area contributed by atoms with Crippen LogP contribution in [-0.2, 0) is 9.53 Å². The van der Waals surface area contributed by atoms with Crippen molar-refractivity contribution in [3.8, 4) is 5.75 Å². The molecule has 0 bridgehead atoms. The average Bonchev–Trinajstić information content (AvgIpc) is 3.02. The fourth-order valence-electron chi connectivity index (χ4n) is 2.51. The van der Waals surface area contributed by atoms with Crippen molar-refractivity contribution >= 4 is 34.4 Å². The summed E-state index contributed by atoms with van der Waals surface area (Å²) in [6, 6.07) is 14.2. The summed E-state index contributed by atoms with van der Waals surface area (Å²) in [4.78, 5) is 24.0. The first-order chi connectivity index (χ1) is 13.0. The third-order valence-corrected chi connectivity index (χ3v) is 4.12. The topological polar surface area (TPSA) is 77.8 Å². The Labute approximate surface area is 161 Å². The van der Waals surface area contributed by atoms with Crippen LogP contribution in [-0.4, -0.2) is 31.6 Å². The number of hydrogen-bond donors (Lipinski definition) is 1. The maximum Gasteiger partial charge on any atom is 0.375 e. The van der Waals surface area contributed by atoms with Crippen LogP contribution in [0, 0.1) is 6.92 Å². The predicted molar refractivity (Wildman–Crippen MR) is 101 cm³/mol. The number of para-hydroxylation sites is 1. The first-order valence-electron chi connectivity index (χ1n) is 8.35. The van der Waals surface area contributed by atoms with E-state index >= 15 is 0 Å². The molecular weight excluding hydrogens is 370 g/mol. The van der Waals surface area contributed by atoms with Crippen LogP contribution >= 0.6 is 11.6 Å². The molecule has 140 valence electrons. The van der Waals surface area contributed by atoms with Crippen molar-refractivity contribution in [2.45, 2.75) is 6.92 Å². The largest absolute Gasteiger partial charge is 0.492 e. The van der Waals surface area contributed by atoms with Gasteiger partial charge in [-0.05, 0) is 37.3 Å². The minimum Gasteiger partial charge on any atom is -0.492 e. The molecule has 1 N–H and O–H groups in total. The zero-order chi connectivity index (χ0) is 19.2. The van der Waals surface area contributed by atoms with Crippen LogP contribution in [0.25, 0.3) is 11.0 Å². The highest BCUT2D eigenvalue weighted by Gasteiger charge is 2.19. The second-order valence-corrected chi connectivity index (χ2v) is 6.22. The van der Waals surface area contributed by atoms with Crippen molar-refractivity contribution in [2.24, 2.45) is 0 Å². The number of esters is 1. The van der Waals surface area contributed by atoms with E-state index in [1.54, 1.807) is 37.3 Å². The van der Waals surface area contributed by atoms with Gasteiger partial charge >= 0.3 is 5.97 Å². The monoisotopic (exact) mass is 387 g/mol. The minimum absolute atomic E-state index is 0.107. The number of amides is 1. The van der Waals surface area contributed by atoms with Gasteiger partial charge in [-0.25, -0.2) is 4.79 Å². The number of aryl methyl sites for hydroxylation is 1. The molecule has 0 spiro atoms. The summed E-state index contributed by atoms with van der Waals surface area (Å²) in [5.41, 5.74) is 1.29. The lowest BCUT2D eigenvalue weighted by Crippen LogP contribution is -2.32. The number of fused-ring (bicyclic) bond motifs is 1. The van der Waals surface area contributed by atoms with E-state index in [1.165, 1.54) is 0 Å². The molecule has 27 heavy (non-hydrogen) atoms. The van der Waals surface area contributed by atoms with Gasteiger partial charge < -0.3 is 19.2 Å². The Morgan fingerprint density at radius 2 is 1.85 bits per heavy atom. The normalized spacial score (nSPS) is 10.6. The molecule has 0 fully saturated rings. The summed E-state index contributed by atoms with van der Waals surface area (Å²) in [5, 5.41) is 4.08. The summed E-state index contributed by atoms with van der Waals surface area (Å²) in [7, 11) is 0. The van der Waals surface area contributed by atoms with Crippen LogP contribution in [0.3, 0.4) is 0 Å². The number of rotatable bonds is 7. The molecule has 0 aliphatic carbocycles. The van der Waals surface area contributed by atoms with Crippen molar-refractivity contribution in [1.82, 2.24) is 5.32 Å². The van der Waals surface area contributed by atoms with Crippen LogP contribution in [0.15, 0.2) is 52.9 Å². The number of hydrogen-bond acceptors (Lipinski definition) is 5. The minimum atomic E-state index is -0.670. The summed E-state index contributed by atoms with van der Waals surface area (Å²) < 4.78 is 16.0. The van der Waals surface area contributed by atoms with E-state index in [4.69, 9.17) is 25.5 Å². The first kappa shape index (κ1) is 18.8.